The van der Waals surface area contributed by atoms with Crippen LogP contribution in [0, 0.1) is 6.92 Å². The third kappa shape index (κ3) is 4.84. The summed E-state index contributed by atoms with van der Waals surface area (Å²) < 4.78 is 5.22. The summed E-state index contributed by atoms with van der Waals surface area (Å²) in [4.78, 5) is 17.5. The van der Waals surface area contributed by atoms with Crippen LogP contribution in [0.5, 0.6) is 5.75 Å². The molecule has 0 spiro atoms. The highest BCUT2D eigenvalue weighted by molar-refractivity contribution is 5.89. The number of hydrogen-bond donors (Lipinski definition) is 2. The Kier molecular flexibility index (Phi) is 7.25. The van der Waals surface area contributed by atoms with E-state index in [2.05, 4.69) is 65.7 Å². The van der Waals surface area contributed by atoms with Gasteiger partial charge in [-0.05, 0) is 72.8 Å². The number of aliphatic hydroxyl groups excluding tert-OH is 1. The number of nitrogens with zero attached hydrogens (tertiary/aromatic N) is 2. The van der Waals surface area contributed by atoms with Crippen LogP contribution in [0.1, 0.15) is 29.9 Å². The predicted molar refractivity (Wildman–Crippen MR) is 144 cm³/mol. The largest absolute Gasteiger partial charge is 0.497 e. The standard InChI is InChI=1S/C30H35N3O3/c1-21-7-3-4-8-26(21)22-9-11-23(12-10-22)29-27-19-32(17-5-6-18-33(27)28(29)20-34)30(35)31-24-13-15-25(36-2)16-14-24/h3-4,7-16,27-29,34H,5-6,17-20H2,1-2H3,(H,31,35)/t27-,28-,29+/m1/s1. The first-order valence-corrected chi connectivity index (χ1v) is 12.8. The van der Waals surface area contributed by atoms with Gasteiger partial charge in [0, 0.05) is 36.8 Å². The van der Waals surface area contributed by atoms with Gasteiger partial charge in [-0.15, -0.1) is 0 Å². The molecule has 36 heavy (non-hydrogen) atoms. The SMILES string of the molecule is COc1ccc(NC(=O)N2CCCCN3[C@H](CO)[C@@H](c4ccc(-c5ccccc5C)cc4)[C@H]3C2)cc1. The summed E-state index contributed by atoms with van der Waals surface area (Å²) in [6, 6.07) is 24.8. The van der Waals surface area contributed by atoms with Crippen LogP contribution in [0.2, 0.25) is 0 Å². The van der Waals surface area contributed by atoms with Gasteiger partial charge in [-0.3, -0.25) is 4.90 Å². The number of benzene rings is 3. The van der Waals surface area contributed by atoms with E-state index >= 15 is 0 Å². The average molecular weight is 486 g/mol. The number of anilines is 1. The smallest absolute Gasteiger partial charge is 0.321 e. The van der Waals surface area contributed by atoms with Crippen molar-refractivity contribution < 1.29 is 14.6 Å². The van der Waals surface area contributed by atoms with E-state index in [0.29, 0.717) is 6.54 Å². The number of hydrogen-bond acceptors (Lipinski definition) is 4. The first kappa shape index (κ1) is 24.3. The molecule has 188 valence electrons. The fourth-order valence-electron chi connectivity index (χ4n) is 5.78. The number of carbonyl (C=O) groups is 1. The molecule has 2 heterocycles. The summed E-state index contributed by atoms with van der Waals surface area (Å²) in [7, 11) is 1.63. The van der Waals surface area contributed by atoms with Gasteiger partial charge in [-0.25, -0.2) is 4.79 Å². The van der Waals surface area contributed by atoms with Gasteiger partial charge in [-0.2, -0.15) is 0 Å². The van der Waals surface area contributed by atoms with Crippen molar-refractivity contribution in [3.63, 3.8) is 0 Å². The van der Waals surface area contributed by atoms with Gasteiger partial charge in [0.25, 0.3) is 0 Å². The Hall–Kier alpha value is -3.35. The van der Waals surface area contributed by atoms with Crippen molar-refractivity contribution in [2.75, 3.05) is 38.7 Å². The van der Waals surface area contributed by atoms with E-state index in [9.17, 15) is 9.90 Å². The van der Waals surface area contributed by atoms with Crippen LogP contribution in [-0.4, -0.2) is 66.4 Å². The lowest BCUT2D eigenvalue weighted by Gasteiger charge is -2.57. The van der Waals surface area contributed by atoms with Crippen LogP contribution < -0.4 is 10.1 Å². The molecule has 2 aliphatic rings. The highest BCUT2D eigenvalue weighted by Crippen LogP contribution is 2.42. The summed E-state index contributed by atoms with van der Waals surface area (Å²) in [5.41, 5.74) is 5.68. The normalized spacial score (nSPS) is 22.1. The second kappa shape index (κ2) is 10.7. The Morgan fingerprint density at radius 1 is 1.00 bits per heavy atom. The van der Waals surface area contributed by atoms with E-state index < -0.39 is 0 Å². The molecule has 2 N–H and O–H groups in total. The molecule has 2 saturated heterocycles. The second-order valence-corrected chi connectivity index (χ2v) is 9.83. The first-order chi connectivity index (χ1) is 17.6. The number of amides is 2. The number of rotatable bonds is 5. The van der Waals surface area contributed by atoms with Crippen molar-refractivity contribution in [1.82, 2.24) is 9.80 Å². The van der Waals surface area contributed by atoms with Gasteiger partial charge in [0.1, 0.15) is 5.75 Å². The summed E-state index contributed by atoms with van der Waals surface area (Å²) in [5.74, 6) is 0.950. The van der Waals surface area contributed by atoms with Crippen LogP contribution in [0.3, 0.4) is 0 Å². The quantitative estimate of drug-likeness (QED) is 0.526. The molecule has 0 unspecified atom stereocenters. The summed E-state index contributed by atoms with van der Waals surface area (Å²) in [6.07, 6.45) is 1.96. The van der Waals surface area contributed by atoms with E-state index in [4.69, 9.17) is 4.74 Å². The fourth-order valence-corrected chi connectivity index (χ4v) is 5.78. The second-order valence-electron chi connectivity index (χ2n) is 9.83. The Balaban J connectivity index is 1.33. The highest BCUT2D eigenvalue weighted by Gasteiger charge is 2.49. The maximum absolute atomic E-state index is 13.2. The number of fused-ring (bicyclic) bond motifs is 1. The molecule has 5 rings (SSSR count). The first-order valence-electron chi connectivity index (χ1n) is 12.8. The lowest BCUT2D eigenvalue weighted by Crippen LogP contribution is -2.68. The zero-order valence-corrected chi connectivity index (χ0v) is 21.1. The minimum absolute atomic E-state index is 0.0804. The molecule has 0 aliphatic carbocycles. The molecule has 3 aromatic carbocycles. The van der Waals surface area contributed by atoms with Crippen molar-refractivity contribution >= 4 is 11.7 Å². The molecule has 3 aromatic rings. The number of urea groups is 1. The molecule has 2 aliphatic heterocycles. The Labute approximate surface area is 213 Å². The van der Waals surface area contributed by atoms with Crippen molar-refractivity contribution in [2.24, 2.45) is 0 Å². The van der Waals surface area contributed by atoms with E-state index in [-0.39, 0.29) is 30.6 Å². The molecule has 2 fully saturated rings. The number of nitrogens with one attached hydrogen (secondary N) is 1. The molecular weight excluding hydrogens is 450 g/mol. The molecule has 0 bridgehead atoms. The minimum Gasteiger partial charge on any atom is -0.497 e. The Morgan fingerprint density at radius 3 is 2.42 bits per heavy atom. The number of ether oxygens (including phenoxy) is 1. The van der Waals surface area contributed by atoms with E-state index in [1.807, 2.05) is 29.2 Å². The van der Waals surface area contributed by atoms with E-state index in [0.717, 1.165) is 37.4 Å². The topological polar surface area (TPSA) is 65.0 Å². The zero-order chi connectivity index (χ0) is 25.1. The Bertz CT molecular complexity index is 1180. The molecule has 6 nitrogen and oxygen atoms in total. The molecule has 0 radical (unpaired) electrons. The maximum Gasteiger partial charge on any atom is 0.321 e. The Morgan fingerprint density at radius 2 is 1.72 bits per heavy atom. The number of carbonyl (C=O) groups excluding carboxylic acids is 1. The zero-order valence-electron chi connectivity index (χ0n) is 21.1. The van der Waals surface area contributed by atoms with Gasteiger partial charge in [0.15, 0.2) is 0 Å². The third-order valence-corrected chi connectivity index (χ3v) is 7.75. The lowest BCUT2D eigenvalue weighted by atomic mass is 9.74. The van der Waals surface area contributed by atoms with Crippen molar-refractivity contribution in [3.05, 3.63) is 83.9 Å². The van der Waals surface area contributed by atoms with E-state index in [1.165, 1.54) is 22.3 Å². The molecule has 0 saturated carbocycles. The highest BCUT2D eigenvalue weighted by atomic mass is 16.5. The summed E-state index contributed by atoms with van der Waals surface area (Å²) in [5, 5.41) is 13.3. The maximum atomic E-state index is 13.2. The fraction of sp³-hybridized carbons (Fsp3) is 0.367. The molecular formula is C30H35N3O3. The van der Waals surface area contributed by atoms with Crippen LogP contribution in [0.25, 0.3) is 11.1 Å². The lowest BCUT2D eigenvalue weighted by molar-refractivity contribution is -0.0585. The average Bonchev–Trinajstić information content (AvgIpc) is 2.89. The number of aryl methyl sites for hydroxylation is 1. The van der Waals surface area contributed by atoms with Crippen molar-refractivity contribution in [3.8, 4) is 16.9 Å². The predicted octanol–water partition coefficient (Wildman–Crippen LogP) is 5.13. The van der Waals surface area contributed by atoms with Gasteiger partial charge in [0.2, 0.25) is 0 Å². The van der Waals surface area contributed by atoms with E-state index in [1.54, 1.807) is 7.11 Å². The van der Waals surface area contributed by atoms with Gasteiger partial charge in [0.05, 0.1) is 13.7 Å². The monoisotopic (exact) mass is 485 g/mol. The molecule has 0 aromatic heterocycles. The van der Waals surface area contributed by atoms with Crippen molar-refractivity contribution in [1.29, 1.82) is 0 Å². The number of aliphatic hydroxyl groups is 1. The molecule has 2 amide bonds. The van der Waals surface area contributed by atoms with Gasteiger partial charge >= 0.3 is 6.03 Å². The minimum atomic E-state index is -0.0804. The summed E-state index contributed by atoms with van der Waals surface area (Å²) in [6.45, 7) is 4.59. The van der Waals surface area contributed by atoms with Crippen LogP contribution in [0.15, 0.2) is 72.8 Å². The van der Waals surface area contributed by atoms with Gasteiger partial charge < -0.3 is 20.1 Å². The third-order valence-electron chi connectivity index (χ3n) is 7.75. The van der Waals surface area contributed by atoms with Crippen LogP contribution in [-0.2, 0) is 0 Å². The van der Waals surface area contributed by atoms with Crippen LogP contribution in [0.4, 0.5) is 10.5 Å². The van der Waals surface area contributed by atoms with Gasteiger partial charge in [-0.1, -0.05) is 48.5 Å². The number of methoxy groups -OCH3 is 1. The summed E-state index contributed by atoms with van der Waals surface area (Å²) >= 11 is 0. The van der Waals surface area contributed by atoms with Crippen LogP contribution >= 0.6 is 0 Å². The molecule has 3 atom stereocenters. The molecule has 6 heteroatoms. The van der Waals surface area contributed by atoms with Crippen molar-refractivity contribution in [2.45, 2.75) is 37.8 Å².